The van der Waals surface area contributed by atoms with Crippen LogP contribution in [0.2, 0.25) is 0 Å². The maximum absolute atomic E-state index is 3.74. The van der Waals surface area contributed by atoms with E-state index in [4.69, 9.17) is 0 Å². The smallest absolute Gasteiger partial charge is 0.0223 e. The number of nitrogens with zero attached hydrogens (tertiary/aromatic N) is 2. The summed E-state index contributed by atoms with van der Waals surface area (Å²) in [5, 5.41) is 3.74. The van der Waals surface area contributed by atoms with Gasteiger partial charge in [-0.05, 0) is 39.3 Å². The van der Waals surface area contributed by atoms with Gasteiger partial charge >= 0.3 is 0 Å². The van der Waals surface area contributed by atoms with Crippen LogP contribution in [0.1, 0.15) is 39.5 Å². The highest BCUT2D eigenvalue weighted by molar-refractivity contribution is 4.86. The first-order valence-corrected chi connectivity index (χ1v) is 7.86. The number of piperazine rings is 1. The summed E-state index contributed by atoms with van der Waals surface area (Å²) >= 11 is 0. The number of nitrogens with one attached hydrogen (secondary N) is 1. The predicted molar refractivity (Wildman–Crippen MR) is 78.0 cm³/mol. The summed E-state index contributed by atoms with van der Waals surface area (Å²) in [7, 11) is 2.25. The zero-order valence-electron chi connectivity index (χ0n) is 12.5. The summed E-state index contributed by atoms with van der Waals surface area (Å²) in [6.07, 6.45) is 5.79. The molecule has 0 aromatic rings. The molecule has 0 spiro atoms. The highest BCUT2D eigenvalue weighted by Crippen LogP contribution is 2.28. The van der Waals surface area contributed by atoms with Crippen LogP contribution in [0.25, 0.3) is 0 Å². The Morgan fingerprint density at radius 1 is 1.22 bits per heavy atom. The highest BCUT2D eigenvalue weighted by atomic mass is 15.3. The third-order valence-corrected chi connectivity index (χ3v) is 4.93. The van der Waals surface area contributed by atoms with Gasteiger partial charge < -0.3 is 10.2 Å². The quantitative estimate of drug-likeness (QED) is 0.806. The molecule has 106 valence electrons. The zero-order chi connectivity index (χ0) is 13.0. The topological polar surface area (TPSA) is 18.5 Å². The molecular formula is C15H31N3. The van der Waals surface area contributed by atoms with E-state index < -0.39 is 0 Å². The fourth-order valence-electron chi connectivity index (χ4n) is 3.57. The molecule has 2 fully saturated rings. The van der Waals surface area contributed by atoms with Crippen LogP contribution >= 0.6 is 0 Å². The van der Waals surface area contributed by atoms with Gasteiger partial charge in [0.25, 0.3) is 0 Å². The Morgan fingerprint density at radius 3 is 2.56 bits per heavy atom. The van der Waals surface area contributed by atoms with Gasteiger partial charge in [-0.25, -0.2) is 0 Å². The maximum Gasteiger partial charge on any atom is 0.0223 e. The van der Waals surface area contributed by atoms with Crippen LogP contribution in [-0.2, 0) is 0 Å². The summed E-state index contributed by atoms with van der Waals surface area (Å²) in [6.45, 7) is 10.7. The normalized spacial score (nSPS) is 29.8. The van der Waals surface area contributed by atoms with Crippen LogP contribution in [-0.4, -0.2) is 61.7 Å². The minimum atomic E-state index is 0.713. The molecule has 2 atom stereocenters. The molecule has 1 saturated carbocycles. The van der Waals surface area contributed by atoms with Gasteiger partial charge in [0.15, 0.2) is 0 Å². The van der Waals surface area contributed by atoms with E-state index in [-0.39, 0.29) is 0 Å². The summed E-state index contributed by atoms with van der Waals surface area (Å²) in [6, 6.07) is 1.44. The van der Waals surface area contributed by atoms with Crippen molar-refractivity contribution in [2.75, 3.05) is 39.8 Å². The van der Waals surface area contributed by atoms with E-state index in [9.17, 15) is 0 Å². The summed E-state index contributed by atoms with van der Waals surface area (Å²) in [4.78, 5) is 5.16. The van der Waals surface area contributed by atoms with Crippen molar-refractivity contribution in [1.82, 2.24) is 15.1 Å². The molecule has 0 bridgehead atoms. The van der Waals surface area contributed by atoms with Crippen LogP contribution < -0.4 is 5.32 Å². The monoisotopic (exact) mass is 253 g/mol. The molecule has 0 aromatic heterocycles. The van der Waals surface area contributed by atoms with Gasteiger partial charge in [-0.2, -0.15) is 0 Å². The van der Waals surface area contributed by atoms with Gasteiger partial charge in [-0.15, -0.1) is 0 Å². The van der Waals surface area contributed by atoms with E-state index in [0.29, 0.717) is 6.04 Å². The summed E-state index contributed by atoms with van der Waals surface area (Å²) in [5.41, 5.74) is 0. The Hall–Kier alpha value is -0.120. The molecular weight excluding hydrogens is 222 g/mol. The van der Waals surface area contributed by atoms with Crippen LogP contribution in [0.4, 0.5) is 0 Å². The first kappa shape index (κ1) is 14.3. The Kier molecular flexibility index (Phi) is 5.46. The van der Waals surface area contributed by atoms with Crippen LogP contribution in [0.5, 0.6) is 0 Å². The lowest BCUT2D eigenvalue weighted by Gasteiger charge is -2.40. The van der Waals surface area contributed by atoms with E-state index in [1.807, 2.05) is 0 Å². The van der Waals surface area contributed by atoms with Crippen molar-refractivity contribution in [2.24, 2.45) is 5.92 Å². The Morgan fingerprint density at radius 2 is 1.94 bits per heavy atom. The number of likely N-dealkylation sites (N-methyl/N-ethyl adjacent to an activating group) is 2. The Labute approximate surface area is 113 Å². The van der Waals surface area contributed by atoms with Crippen LogP contribution in [0, 0.1) is 5.92 Å². The molecule has 0 radical (unpaired) electrons. The minimum absolute atomic E-state index is 0.713. The molecule has 1 heterocycles. The zero-order valence-corrected chi connectivity index (χ0v) is 12.5. The highest BCUT2D eigenvalue weighted by Gasteiger charge is 2.28. The fourth-order valence-corrected chi connectivity index (χ4v) is 3.57. The first-order chi connectivity index (χ1) is 8.70. The van der Waals surface area contributed by atoms with Crippen molar-refractivity contribution < 1.29 is 0 Å². The van der Waals surface area contributed by atoms with E-state index in [0.717, 1.165) is 18.5 Å². The van der Waals surface area contributed by atoms with Crippen molar-refractivity contribution in [3.8, 4) is 0 Å². The predicted octanol–water partition coefficient (Wildman–Crippen LogP) is 1.79. The van der Waals surface area contributed by atoms with Crippen molar-refractivity contribution in [3.05, 3.63) is 0 Å². The molecule has 3 heteroatoms. The minimum Gasteiger partial charge on any atom is -0.313 e. The lowest BCUT2D eigenvalue weighted by Crippen LogP contribution is -2.54. The molecule has 1 saturated heterocycles. The van der Waals surface area contributed by atoms with Gasteiger partial charge in [0.05, 0.1) is 0 Å². The van der Waals surface area contributed by atoms with Crippen molar-refractivity contribution >= 4 is 0 Å². The molecule has 2 unspecified atom stereocenters. The third kappa shape index (κ3) is 3.69. The molecule has 1 N–H and O–H groups in total. The van der Waals surface area contributed by atoms with Crippen molar-refractivity contribution in [1.29, 1.82) is 0 Å². The SMILES string of the molecule is CCNC(CN1CCN(C)C(C)C1)C1CCCC1. The van der Waals surface area contributed by atoms with Gasteiger partial charge in [0, 0.05) is 38.3 Å². The molecule has 1 aliphatic carbocycles. The second kappa shape index (κ2) is 6.88. The number of hydrogen-bond donors (Lipinski definition) is 1. The first-order valence-electron chi connectivity index (χ1n) is 7.86. The van der Waals surface area contributed by atoms with Crippen molar-refractivity contribution in [3.63, 3.8) is 0 Å². The number of hydrogen-bond acceptors (Lipinski definition) is 3. The average molecular weight is 253 g/mol. The Balaban J connectivity index is 1.84. The standard InChI is InChI=1S/C15H31N3/c1-4-16-15(14-7-5-6-8-14)12-18-10-9-17(3)13(2)11-18/h13-16H,4-12H2,1-3H3. The van der Waals surface area contributed by atoms with Gasteiger partial charge in [0.1, 0.15) is 0 Å². The van der Waals surface area contributed by atoms with E-state index in [1.54, 1.807) is 0 Å². The second-order valence-electron chi connectivity index (χ2n) is 6.30. The van der Waals surface area contributed by atoms with E-state index in [1.165, 1.54) is 51.9 Å². The average Bonchev–Trinajstić information content (AvgIpc) is 2.87. The maximum atomic E-state index is 3.74. The van der Waals surface area contributed by atoms with E-state index >= 15 is 0 Å². The lowest BCUT2D eigenvalue weighted by atomic mass is 9.97. The largest absolute Gasteiger partial charge is 0.313 e. The molecule has 1 aliphatic heterocycles. The van der Waals surface area contributed by atoms with Gasteiger partial charge in [0.2, 0.25) is 0 Å². The molecule has 18 heavy (non-hydrogen) atoms. The van der Waals surface area contributed by atoms with Gasteiger partial charge in [-0.3, -0.25) is 4.90 Å². The van der Waals surface area contributed by atoms with Gasteiger partial charge in [-0.1, -0.05) is 19.8 Å². The molecule has 0 aromatic carbocycles. The lowest BCUT2D eigenvalue weighted by molar-refractivity contribution is 0.0900. The van der Waals surface area contributed by atoms with E-state index in [2.05, 4.69) is 36.0 Å². The van der Waals surface area contributed by atoms with Crippen LogP contribution in [0.15, 0.2) is 0 Å². The third-order valence-electron chi connectivity index (χ3n) is 4.93. The second-order valence-corrected chi connectivity index (χ2v) is 6.30. The number of rotatable bonds is 5. The van der Waals surface area contributed by atoms with Crippen LogP contribution in [0.3, 0.4) is 0 Å². The van der Waals surface area contributed by atoms with Crippen molar-refractivity contribution in [2.45, 2.75) is 51.6 Å². The fraction of sp³-hybridized carbons (Fsp3) is 1.00. The molecule has 2 aliphatic rings. The summed E-state index contributed by atoms with van der Waals surface area (Å²) in [5.74, 6) is 0.930. The molecule has 2 rings (SSSR count). The molecule has 3 nitrogen and oxygen atoms in total. The summed E-state index contributed by atoms with van der Waals surface area (Å²) < 4.78 is 0. The molecule has 0 amide bonds. The Bertz CT molecular complexity index is 238.